The Morgan fingerprint density at radius 2 is 1.38 bits per heavy atom. The number of allylic oxidation sites excluding steroid dienone is 1. The molecule has 0 bridgehead atoms. The highest BCUT2D eigenvalue weighted by Gasteiger charge is 2.07. The lowest BCUT2D eigenvalue weighted by Crippen LogP contribution is -2.06. The first-order chi connectivity index (χ1) is 10.7. The SMILES string of the molecule is C=C(CCCS(=O)(=O)O)C(=O)O.O=C(O)C=CCCCS(=O)(=O)O. The fourth-order valence-corrected chi connectivity index (χ4v) is 2.18. The molecule has 0 radical (unpaired) electrons. The quantitative estimate of drug-likeness (QED) is 0.234. The molecule has 0 amide bonds. The summed E-state index contributed by atoms with van der Waals surface area (Å²) in [4.78, 5) is 20.0. The van der Waals surface area contributed by atoms with Crippen LogP contribution in [-0.4, -0.2) is 59.6 Å². The molecule has 12 heteroatoms. The first-order valence-electron chi connectivity index (χ1n) is 6.45. The molecule has 0 saturated heterocycles. The molecule has 0 fully saturated rings. The number of carboxylic acids is 2. The van der Waals surface area contributed by atoms with Crippen molar-refractivity contribution in [3.05, 3.63) is 24.3 Å². The summed E-state index contributed by atoms with van der Waals surface area (Å²) in [7, 11) is -7.89. The van der Waals surface area contributed by atoms with E-state index in [2.05, 4.69) is 6.58 Å². The lowest BCUT2D eigenvalue weighted by Gasteiger charge is -1.97. The van der Waals surface area contributed by atoms with Gasteiger partial charge in [-0.1, -0.05) is 12.7 Å². The zero-order valence-electron chi connectivity index (χ0n) is 12.7. The molecule has 10 nitrogen and oxygen atoms in total. The number of rotatable bonds is 10. The third kappa shape index (κ3) is 22.5. The summed E-state index contributed by atoms with van der Waals surface area (Å²) >= 11 is 0. The standard InChI is InChI=1S/2C6H10O5S/c1-5(6(7)8)3-2-4-12(9,10)11;7-6(8)4-2-1-3-5-12(9,10)11/h1-4H2,(H,7,8)(H,9,10,11);2,4H,1,3,5H2,(H,7,8)(H,9,10,11). The van der Waals surface area contributed by atoms with Crippen molar-refractivity contribution in [2.45, 2.75) is 25.7 Å². The van der Waals surface area contributed by atoms with Gasteiger partial charge in [0.2, 0.25) is 0 Å². The van der Waals surface area contributed by atoms with Crippen molar-refractivity contribution in [2.24, 2.45) is 0 Å². The second kappa shape index (κ2) is 11.7. The van der Waals surface area contributed by atoms with Gasteiger partial charge in [0.15, 0.2) is 0 Å². The van der Waals surface area contributed by atoms with Gasteiger partial charge in [-0.05, 0) is 25.7 Å². The average Bonchev–Trinajstić information content (AvgIpc) is 2.35. The third-order valence-electron chi connectivity index (χ3n) is 2.22. The maximum Gasteiger partial charge on any atom is 0.330 e. The minimum Gasteiger partial charge on any atom is -0.478 e. The molecule has 0 aromatic heterocycles. The van der Waals surface area contributed by atoms with Crippen LogP contribution < -0.4 is 0 Å². The number of aliphatic carboxylic acids is 2. The molecule has 24 heavy (non-hydrogen) atoms. The van der Waals surface area contributed by atoms with E-state index < -0.39 is 37.9 Å². The molecule has 0 aromatic carbocycles. The third-order valence-corrected chi connectivity index (χ3v) is 3.83. The molecule has 0 atom stereocenters. The second-order valence-electron chi connectivity index (χ2n) is 4.47. The van der Waals surface area contributed by atoms with Gasteiger partial charge in [0.25, 0.3) is 20.2 Å². The van der Waals surface area contributed by atoms with Crippen LogP contribution in [0.15, 0.2) is 24.3 Å². The van der Waals surface area contributed by atoms with Crippen LogP contribution in [0.3, 0.4) is 0 Å². The molecule has 4 N–H and O–H groups in total. The summed E-state index contributed by atoms with van der Waals surface area (Å²) in [5.41, 5.74) is -0.0568. The van der Waals surface area contributed by atoms with Gasteiger partial charge in [0.05, 0.1) is 11.5 Å². The van der Waals surface area contributed by atoms with E-state index in [4.69, 9.17) is 19.3 Å². The number of carbonyl (C=O) groups is 2. The molecular weight excluding hydrogens is 368 g/mol. The van der Waals surface area contributed by atoms with E-state index >= 15 is 0 Å². The Labute approximate surface area is 140 Å². The molecule has 0 aliphatic rings. The van der Waals surface area contributed by atoms with Gasteiger partial charge in [0.1, 0.15) is 0 Å². The van der Waals surface area contributed by atoms with Crippen LogP contribution in [0.25, 0.3) is 0 Å². The Morgan fingerprint density at radius 3 is 1.75 bits per heavy atom. The summed E-state index contributed by atoms with van der Waals surface area (Å²) in [5.74, 6) is -2.98. The van der Waals surface area contributed by atoms with E-state index in [1.807, 2.05) is 0 Å². The first kappa shape index (κ1) is 24.5. The molecule has 0 rings (SSSR count). The number of unbranched alkanes of at least 4 members (excludes halogenated alkanes) is 1. The summed E-state index contributed by atoms with van der Waals surface area (Å²) in [6, 6.07) is 0. The van der Waals surface area contributed by atoms with Crippen molar-refractivity contribution in [1.82, 2.24) is 0 Å². The van der Waals surface area contributed by atoms with Crippen molar-refractivity contribution >= 4 is 32.2 Å². The summed E-state index contributed by atoms with van der Waals surface area (Å²) in [5, 5.41) is 16.4. The van der Waals surface area contributed by atoms with Crippen LogP contribution in [0, 0.1) is 0 Å². The fraction of sp³-hybridized carbons (Fsp3) is 0.500. The van der Waals surface area contributed by atoms with Gasteiger partial charge in [-0.25, -0.2) is 9.59 Å². The molecule has 0 saturated carbocycles. The van der Waals surface area contributed by atoms with Gasteiger partial charge in [0, 0.05) is 11.6 Å². The largest absolute Gasteiger partial charge is 0.478 e. The highest BCUT2D eigenvalue weighted by molar-refractivity contribution is 7.86. The van der Waals surface area contributed by atoms with Gasteiger partial charge in [-0.15, -0.1) is 0 Å². The van der Waals surface area contributed by atoms with Crippen LogP contribution in [-0.2, 0) is 29.8 Å². The van der Waals surface area contributed by atoms with Crippen LogP contribution in [0.5, 0.6) is 0 Å². The van der Waals surface area contributed by atoms with Crippen molar-refractivity contribution < 1.29 is 45.7 Å². The van der Waals surface area contributed by atoms with Gasteiger partial charge < -0.3 is 10.2 Å². The minimum absolute atomic E-state index is 0.0568. The number of hydrogen-bond donors (Lipinski definition) is 4. The molecule has 0 aromatic rings. The van der Waals surface area contributed by atoms with Gasteiger partial charge in [-0.3, -0.25) is 9.11 Å². The Bertz CT molecular complexity index is 658. The molecule has 0 spiro atoms. The first-order valence-corrected chi connectivity index (χ1v) is 9.67. The monoisotopic (exact) mass is 388 g/mol. The minimum atomic E-state index is -3.98. The maximum atomic E-state index is 10.2. The highest BCUT2D eigenvalue weighted by Crippen LogP contribution is 2.03. The van der Waals surface area contributed by atoms with Crippen molar-refractivity contribution in [3.63, 3.8) is 0 Å². The molecule has 0 aliphatic carbocycles. The van der Waals surface area contributed by atoms with Crippen LogP contribution in [0.1, 0.15) is 25.7 Å². The molecule has 0 heterocycles. The molecule has 0 aliphatic heterocycles. The Kier molecular flexibility index (Phi) is 12.0. The lowest BCUT2D eigenvalue weighted by atomic mass is 10.2. The predicted molar refractivity (Wildman–Crippen MR) is 84.9 cm³/mol. The Balaban J connectivity index is 0. The lowest BCUT2D eigenvalue weighted by molar-refractivity contribution is -0.133. The van der Waals surface area contributed by atoms with Crippen LogP contribution >= 0.6 is 0 Å². The van der Waals surface area contributed by atoms with E-state index in [0.29, 0.717) is 6.42 Å². The van der Waals surface area contributed by atoms with Crippen molar-refractivity contribution in [1.29, 1.82) is 0 Å². The topological polar surface area (TPSA) is 183 Å². The number of hydrogen-bond acceptors (Lipinski definition) is 6. The van der Waals surface area contributed by atoms with Crippen molar-refractivity contribution in [2.75, 3.05) is 11.5 Å². The zero-order chi connectivity index (χ0) is 19.4. The average molecular weight is 388 g/mol. The Morgan fingerprint density at radius 1 is 0.917 bits per heavy atom. The fourth-order valence-electron chi connectivity index (χ4n) is 1.14. The molecule has 140 valence electrons. The zero-order valence-corrected chi connectivity index (χ0v) is 14.3. The smallest absolute Gasteiger partial charge is 0.330 e. The summed E-state index contributed by atoms with van der Waals surface area (Å²) < 4.78 is 57.1. The van der Waals surface area contributed by atoms with Gasteiger partial charge >= 0.3 is 11.9 Å². The van der Waals surface area contributed by atoms with E-state index in [1.54, 1.807) is 0 Å². The van der Waals surface area contributed by atoms with E-state index in [1.165, 1.54) is 6.08 Å². The molecular formula is C12H20O10S2. The van der Waals surface area contributed by atoms with Crippen LogP contribution in [0.2, 0.25) is 0 Å². The summed E-state index contributed by atoms with van der Waals surface area (Å²) in [6.45, 7) is 3.20. The normalized spacial score (nSPS) is 11.6. The maximum absolute atomic E-state index is 10.2. The summed E-state index contributed by atoms with van der Waals surface area (Å²) in [6.07, 6.45) is 2.96. The van der Waals surface area contributed by atoms with E-state index in [-0.39, 0.29) is 30.6 Å². The van der Waals surface area contributed by atoms with E-state index in [9.17, 15) is 26.4 Å². The van der Waals surface area contributed by atoms with Crippen molar-refractivity contribution in [3.8, 4) is 0 Å². The molecule has 0 unspecified atom stereocenters. The number of carboxylic acid groups (broad SMARTS) is 2. The van der Waals surface area contributed by atoms with E-state index in [0.717, 1.165) is 6.08 Å². The van der Waals surface area contributed by atoms with Gasteiger partial charge in [-0.2, -0.15) is 16.8 Å². The second-order valence-corrected chi connectivity index (χ2v) is 7.61. The van der Waals surface area contributed by atoms with Crippen LogP contribution in [0.4, 0.5) is 0 Å². The highest BCUT2D eigenvalue weighted by atomic mass is 32.2. The predicted octanol–water partition coefficient (Wildman–Crippen LogP) is 0.590. The Hall–Kier alpha value is -1.76.